The van der Waals surface area contributed by atoms with E-state index in [1.807, 2.05) is 21.1 Å². The lowest BCUT2D eigenvalue weighted by molar-refractivity contribution is -0.134. The van der Waals surface area contributed by atoms with Crippen LogP contribution in [0.25, 0.3) is 0 Å². The number of amides is 1. The number of hydrogen-bond donors (Lipinski definition) is 1. The molecule has 0 atom stereocenters. The first-order chi connectivity index (χ1) is 6.15. The molecule has 0 heterocycles. The van der Waals surface area contributed by atoms with E-state index < -0.39 is 0 Å². The zero-order valence-corrected chi connectivity index (χ0v) is 8.84. The van der Waals surface area contributed by atoms with E-state index in [0.717, 1.165) is 25.7 Å². The molecule has 1 amide bonds. The molecule has 1 rings (SSSR count). The second-order valence-electron chi connectivity index (χ2n) is 4.07. The highest BCUT2D eigenvalue weighted by atomic mass is 16.2. The number of nitrogens with one attached hydrogen (secondary N) is 1. The molecule has 1 aliphatic rings. The summed E-state index contributed by atoms with van der Waals surface area (Å²) in [5.74, 6) is 0.578. The Morgan fingerprint density at radius 3 is 2.15 bits per heavy atom. The van der Waals surface area contributed by atoms with Gasteiger partial charge in [0.05, 0.1) is 0 Å². The van der Waals surface area contributed by atoms with E-state index in [1.165, 1.54) is 0 Å². The van der Waals surface area contributed by atoms with Gasteiger partial charge in [0.25, 0.3) is 0 Å². The molecule has 0 spiro atoms. The summed E-state index contributed by atoms with van der Waals surface area (Å²) < 4.78 is 0. The summed E-state index contributed by atoms with van der Waals surface area (Å²) in [6.07, 6.45) is 4.37. The van der Waals surface area contributed by atoms with E-state index in [1.54, 1.807) is 4.90 Å². The summed E-state index contributed by atoms with van der Waals surface area (Å²) in [7, 11) is 5.68. The average Bonchev–Trinajstić information content (AvgIpc) is 2.17. The zero-order chi connectivity index (χ0) is 9.84. The zero-order valence-electron chi connectivity index (χ0n) is 8.84. The van der Waals surface area contributed by atoms with Crippen molar-refractivity contribution >= 4 is 5.91 Å². The molecular weight excluding hydrogens is 164 g/mol. The van der Waals surface area contributed by atoms with E-state index >= 15 is 0 Å². The molecule has 0 aromatic rings. The van der Waals surface area contributed by atoms with Crippen LogP contribution in [-0.2, 0) is 4.79 Å². The van der Waals surface area contributed by atoms with Gasteiger partial charge in [0.15, 0.2) is 0 Å². The Morgan fingerprint density at radius 1 is 1.23 bits per heavy atom. The van der Waals surface area contributed by atoms with Gasteiger partial charge in [-0.1, -0.05) is 0 Å². The highest BCUT2D eigenvalue weighted by molar-refractivity contribution is 5.78. The third-order valence-electron chi connectivity index (χ3n) is 2.93. The minimum Gasteiger partial charge on any atom is -0.349 e. The van der Waals surface area contributed by atoms with E-state index in [4.69, 9.17) is 0 Å². The molecule has 0 aromatic carbocycles. The predicted molar refractivity (Wildman–Crippen MR) is 53.5 cm³/mol. The van der Waals surface area contributed by atoms with Gasteiger partial charge in [-0.3, -0.25) is 4.79 Å². The van der Waals surface area contributed by atoms with Gasteiger partial charge in [0.2, 0.25) is 5.91 Å². The van der Waals surface area contributed by atoms with Crippen molar-refractivity contribution in [2.75, 3.05) is 21.1 Å². The van der Waals surface area contributed by atoms with Crippen molar-refractivity contribution in [3.05, 3.63) is 0 Å². The van der Waals surface area contributed by atoms with Gasteiger partial charge >= 0.3 is 0 Å². The maximum Gasteiger partial charge on any atom is 0.225 e. The topological polar surface area (TPSA) is 32.3 Å². The Hall–Kier alpha value is -0.570. The first-order valence-electron chi connectivity index (χ1n) is 5.03. The molecule has 0 radical (unpaired) electrons. The Kier molecular flexibility index (Phi) is 3.72. The maximum absolute atomic E-state index is 11.6. The third kappa shape index (κ3) is 2.69. The standard InChI is InChI=1S/C10H20N2O/c1-11-9-6-4-8(5-7-9)10(13)12(2)3/h8-9,11H,4-7H2,1-3H3. The van der Waals surface area contributed by atoms with Crippen LogP contribution in [0.15, 0.2) is 0 Å². The van der Waals surface area contributed by atoms with Crippen LogP contribution in [0, 0.1) is 5.92 Å². The van der Waals surface area contributed by atoms with Gasteiger partial charge in [-0.15, -0.1) is 0 Å². The van der Waals surface area contributed by atoms with Gasteiger partial charge in [-0.25, -0.2) is 0 Å². The molecule has 0 bridgehead atoms. The quantitative estimate of drug-likeness (QED) is 0.690. The summed E-state index contributed by atoms with van der Waals surface area (Å²) >= 11 is 0. The van der Waals surface area contributed by atoms with Crippen molar-refractivity contribution in [2.45, 2.75) is 31.7 Å². The van der Waals surface area contributed by atoms with Crippen LogP contribution in [0.5, 0.6) is 0 Å². The Bertz CT molecular complexity index is 172. The largest absolute Gasteiger partial charge is 0.349 e. The number of nitrogens with zero attached hydrogens (tertiary/aromatic N) is 1. The lowest BCUT2D eigenvalue weighted by atomic mass is 9.85. The maximum atomic E-state index is 11.6. The smallest absolute Gasteiger partial charge is 0.225 e. The van der Waals surface area contributed by atoms with E-state index in [-0.39, 0.29) is 5.92 Å². The van der Waals surface area contributed by atoms with Gasteiger partial charge in [-0.2, -0.15) is 0 Å². The molecule has 0 unspecified atom stereocenters. The molecule has 3 nitrogen and oxygen atoms in total. The molecule has 0 aromatic heterocycles. The van der Waals surface area contributed by atoms with Crippen LogP contribution in [0.3, 0.4) is 0 Å². The van der Waals surface area contributed by atoms with Crippen molar-refractivity contribution in [3.63, 3.8) is 0 Å². The molecule has 76 valence electrons. The SMILES string of the molecule is CNC1CCC(C(=O)N(C)C)CC1. The number of rotatable bonds is 2. The molecule has 1 fully saturated rings. The molecule has 1 aliphatic carbocycles. The molecule has 1 N–H and O–H groups in total. The fourth-order valence-corrected chi connectivity index (χ4v) is 1.99. The second kappa shape index (κ2) is 4.61. The predicted octanol–water partition coefficient (Wildman–Crippen LogP) is 0.853. The highest BCUT2D eigenvalue weighted by Crippen LogP contribution is 2.25. The highest BCUT2D eigenvalue weighted by Gasteiger charge is 2.26. The van der Waals surface area contributed by atoms with Crippen molar-refractivity contribution in [1.82, 2.24) is 10.2 Å². The normalized spacial score (nSPS) is 28.5. The number of carbonyl (C=O) groups is 1. The lowest BCUT2D eigenvalue weighted by Gasteiger charge is -2.29. The van der Waals surface area contributed by atoms with Crippen LogP contribution in [0.4, 0.5) is 0 Å². The summed E-state index contributed by atoms with van der Waals surface area (Å²) in [4.78, 5) is 13.3. The Morgan fingerprint density at radius 2 is 1.77 bits per heavy atom. The number of hydrogen-bond acceptors (Lipinski definition) is 2. The number of carbonyl (C=O) groups excluding carboxylic acids is 1. The van der Waals surface area contributed by atoms with Crippen LogP contribution in [0.2, 0.25) is 0 Å². The minimum absolute atomic E-state index is 0.277. The van der Waals surface area contributed by atoms with Crippen molar-refractivity contribution in [2.24, 2.45) is 5.92 Å². The summed E-state index contributed by atoms with van der Waals surface area (Å²) in [5, 5.41) is 3.27. The third-order valence-corrected chi connectivity index (χ3v) is 2.93. The van der Waals surface area contributed by atoms with Crippen LogP contribution in [-0.4, -0.2) is 38.0 Å². The van der Waals surface area contributed by atoms with Crippen molar-refractivity contribution in [1.29, 1.82) is 0 Å². The molecular formula is C10H20N2O. The van der Waals surface area contributed by atoms with Crippen molar-refractivity contribution < 1.29 is 4.79 Å². The lowest BCUT2D eigenvalue weighted by Crippen LogP contribution is -2.36. The fourth-order valence-electron chi connectivity index (χ4n) is 1.99. The van der Waals surface area contributed by atoms with Gasteiger partial charge in [0, 0.05) is 26.1 Å². The molecule has 1 saturated carbocycles. The summed E-state index contributed by atoms with van der Waals surface area (Å²) in [5.41, 5.74) is 0. The molecule has 0 saturated heterocycles. The van der Waals surface area contributed by atoms with E-state index in [9.17, 15) is 4.79 Å². The minimum atomic E-state index is 0.277. The van der Waals surface area contributed by atoms with E-state index in [2.05, 4.69) is 5.32 Å². The monoisotopic (exact) mass is 184 g/mol. The van der Waals surface area contributed by atoms with E-state index in [0.29, 0.717) is 11.9 Å². The first-order valence-corrected chi connectivity index (χ1v) is 5.03. The molecule has 3 heteroatoms. The van der Waals surface area contributed by atoms with Crippen LogP contribution >= 0.6 is 0 Å². The molecule has 13 heavy (non-hydrogen) atoms. The van der Waals surface area contributed by atoms with Crippen LogP contribution in [0.1, 0.15) is 25.7 Å². The first kappa shape index (κ1) is 10.5. The Balaban J connectivity index is 2.36. The second-order valence-corrected chi connectivity index (χ2v) is 4.07. The summed E-state index contributed by atoms with van der Waals surface area (Å²) in [6, 6.07) is 0.631. The van der Waals surface area contributed by atoms with Gasteiger partial charge in [-0.05, 0) is 32.7 Å². The van der Waals surface area contributed by atoms with Crippen LogP contribution < -0.4 is 5.32 Å². The molecule has 0 aliphatic heterocycles. The van der Waals surface area contributed by atoms with Gasteiger partial charge < -0.3 is 10.2 Å². The Labute approximate surface area is 80.5 Å². The van der Waals surface area contributed by atoms with Gasteiger partial charge in [0.1, 0.15) is 0 Å². The fraction of sp³-hybridized carbons (Fsp3) is 0.900. The summed E-state index contributed by atoms with van der Waals surface area (Å²) in [6.45, 7) is 0. The average molecular weight is 184 g/mol. The van der Waals surface area contributed by atoms with Crippen molar-refractivity contribution in [3.8, 4) is 0 Å².